The van der Waals surface area contributed by atoms with Crippen LogP contribution in [0.3, 0.4) is 0 Å². The van der Waals surface area contributed by atoms with Crippen molar-refractivity contribution in [3.63, 3.8) is 0 Å². The van der Waals surface area contributed by atoms with Crippen molar-refractivity contribution in [2.24, 2.45) is 0 Å². The summed E-state index contributed by atoms with van der Waals surface area (Å²) in [5.74, 6) is -1.03. The average molecular weight is 575 g/mol. The van der Waals surface area contributed by atoms with Gasteiger partial charge in [0.2, 0.25) is 0 Å². The van der Waals surface area contributed by atoms with Crippen molar-refractivity contribution in [3.05, 3.63) is 86.8 Å². The van der Waals surface area contributed by atoms with Crippen molar-refractivity contribution in [2.45, 2.75) is 33.0 Å². The Labute approximate surface area is 218 Å². The van der Waals surface area contributed by atoms with Crippen LogP contribution in [0.4, 0.5) is 18.9 Å². The van der Waals surface area contributed by atoms with E-state index in [-0.39, 0.29) is 28.9 Å². The number of aromatic nitrogens is 3. The van der Waals surface area contributed by atoms with E-state index < -0.39 is 17.8 Å². The Hall–Kier alpha value is -3.73. The number of hydrogen-bond donors (Lipinski definition) is 1. The Morgan fingerprint density at radius 2 is 1.73 bits per heavy atom. The highest BCUT2D eigenvalue weighted by molar-refractivity contribution is 9.10. The van der Waals surface area contributed by atoms with Crippen LogP contribution in [0.25, 0.3) is 10.9 Å². The molecule has 37 heavy (non-hydrogen) atoms. The molecule has 0 saturated heterocycles. The van der Waals surface area contributed by atoms with Crippen LogP contribution in [0.15, 0.2) is 53.0 Å². The van der Waals surface area contributed by atoms with Crippen LogP contribution in [0.5, 0.6) is 0 Å². The van der Waals surface area contributed by atoms with Gasteiger partial charge >= 0.3 is 12.1 Å². The van der Waals surface area contributed by atoms with E-state index in [1.807, 2.05) is 24.3 Å². The Bertz CT molecular complexity index is 1500. The molecule has 11 heteroatoms. The summed E-state index contributed by atoms with van der Waals surface area (Å²) in [6.45, 7) is 3.87. The number of aryl methyl sites for hydroxylation is 1. The number of halogens is 4. The first-order chi connectivity index (χ1) is 17.5. The van der Waals surface area contributed by atoms with E-state index in [0.29, 0.717) is 28.1 Å². The van der Waals surface area contributed by atoms with E-state index in [4.69, 9.17) is 0 Å². The molecule has 0 spiro atoms. The SMILES string of the molecule is COC(=O)Cc1ccc(Cn2nc(C)c(NC(=O)c3cc(C(F)(F)F)nc4ccc(Br)cc34)c2C)cc1. The number of carbonyl (C=O) groups is 2. The Balaban J connectivity index is 1.61. The van der Waals surface area contributed by atoms with Crippen LogP contribution in [-0.2, 0) is 28.7 Å². The minimum absolute atomic E-state index is 0.0583. The van der Waals surface area contributed by atoms with Gasteiger partial charge in [0.15, 0.2) is 0 Å². The van der Waals surface area contributed by atoms with E-state index in [1.165, 1.54) is 13.2 Å². The van der Waals surface area contributed by atoms with Gasteiger partial charge in [0, 0.05) is 9.86 Å². The molecule has 2 heterocycles. The summed E-state index contributed by atoms with van der Waals surface area (Å²) >= 11 is 3.30. The number of carbonyl (C=O) groups excluding carboxylic acids is 2. The van der Waals surface area contributed by atoms with E-state index in [1.54, 1.807) is 30.7 Å². The maximum atomic E-state index is 13.5. The third-order valence-electron chi connectivity index (χ3n) is 5.86. The Kier molecular flexibility index (Phi) is 7.35. The number of pyridine rings is 1. The maximum Gasteiger partial charge on any atom is 0.433 e. The van der Waals surface area contributed by atoms with Crippen molar-refractivity contribution in [3.8, 4) is 0 Å². The molecular formula is C26H22BrF3N4O3. The minimum Gasteiger partial charge on any atom is -0.469 e. The molecule has 1 amide bonds. The molecule has 0 bridgehead atoms. The summed E-state index contributed by atoms with van der Waals surface area (Å²) in [5.41, 5.74) is 2.06. The van der Waals surface area contributed by atoms with Gasteiger partial charge in [-0.1, -0.05) is 40.2 Å². The fourth-order valence-corrected chi connectivity index (χ4v) is 4.28. The van der Waals surface area contributed by atoms with Crippen molar-refractivity contribution >= 4 is 44.4 Å². The highest BCUT2D eigenvalue weighted by Crippen LogP contribution is 2.32. The second-order valence-corrected chi connectivity index (χ2v) is 9.36. The normalized spacial score (nSPS) is 11.5. The molecule has 0 atom stereocenters. The van der Waals surface area contributed by atoms with Crippen molar-refractivity contribution < 1.29 is 27.5 Å². The van der Waals surface area contributed by atoms with Gasteiger partial charge in [-0.15, -0.1) is 0 Å². The van der Waals surface area contributed by atoms with Crippen LogP contribution < -0.4 is 5.32 Å². The number of nitrogens with one attached hydrogen (secondary N) is 1. The summed E-state index contributed by atoms with van der Waals surface area (Å²) < 4.78 is 47.4. The number of esters is 1. The fraction of sp³-hybridized carbons (Fsp3) is 0.231. The molecule has 0 aliphatic carbocycles. The number of anilines is 1. The van der Waals surface area contributed by atoms with E-state index in [0.717, 1.165) is 17.2 Å². The zero-order valence-electron chi connectivity index (χ0n) is 20.1. The molecule has 0 saturated carbocycles. The number of benzene rings is 2. The molecule has 0 aliphatic heterocycles. The van der Waals surface area contributed by atoms with Gasteiger partial charge in [0.25, 0.3) is 5.91 Å². The number of alkyl halides is 3. The second-order valence-electron chi connectivity index (χ2n) is 8.44. The lowest BCUT2D eigenvalue weighted by Gasteiger charge is -2.13. The molecule has 0 unspecified atom stereocenters. The van der Waals surface area contributed by atoms with Gasteiger partial charge in [-0.3, -0.25) is 14.3 Å². The number of nitrogens with zero attached hydrogens (tertiary/aromatic N) is 3. The average Bonchev–Trinajstić information content (AvgIpc) is 3.11. The topological polar surface area (TPSA) is 86.1 Å². The summed E-state index contributed by atoms with van der Waals surface area (Å²) in [4.78, 5) is 28.4. The van der Waals surface area contributed by atoms with Gasteiger partial charge in [-0.2, -0.15) is 18.3 Å². The van der Waals surface area contributed by atoms with Crippen LogP contribution in [0, 0.1) is 13.8 Å². The molecule has 2 aromatic carbocycles. The monoisotopic (exact) mass is 574 g/mol. The maximum absolute atomic E-state index is 13.5. The molecule has 192 valence electrons. The fourth-order valence-electron chi connectivity index (χ4n) is 3.92. The molecular weight excluding hydrogens is 553 g/mol. The van der Waals surface area contributed by atoms with E-state index in [2.05, 4.69) is 36.1 Å². The highest BCUT2D eigenvalue weighted by atomic mass is 79.9. The van der Waals surface area contributed by atoms with Gasteiger partial charge in [-0.25, -0.2) is 4.98 Å². The molecule has 4 rings (SSSR count). The molecule has 7 nitrogen and oxygen atoms in total. The zero-order valence-corrected chi connectivity index (χ0v) is 21.7. The number of hydrogen-bond acceptors (Lipinski definition) is 5. The van der Waals surface area contributed by atoms with Crippen molar-refractivity contribution in [1.82, 2.24) is 14.8 Å². The van der Waals surface area contributed by atoms with Crippen molar-refractivity contribution in [1.29, 1.82) is 0 Å². The predicted octanol–water partition coefficient (Wildman–Crippen LogP) is 5.85. The molecule has 0 fully saturated rings. The van der Waals surface area contributed by atoms with Crippen molar-refractivity contribution in [2.75, 3.05) is 12.4 Å². The lowest BCUT2D eigenvalue weighted by Crippen LogP contribution is -2.17. The smallest absolute Gasteiger partial charge is 0.433 e. The van der Waals surface area contributed by atoms with Gasteiger partial charge in [0.1, 0.15) is 5.69 Å². The van der Waals surface area contributed by atoms with Gasteiger partial charge in [-0.05, 0) is 49.2 Å². The summed E-state index contributed by atoms with van der Waals surface area (Å²) in [7, 11) is 1.33. The molecule has 0 aliphatic rings. The van der Waals surface area contributed by atoms with E-state index in [9.17, 15) is 22.8 Å². The van der Waals surface area contributed by atoms with Gasteiger partial charge in [0.05, 0.1) is 48.2 Å². The third kappa shape index (κ3) is 5.82. The first-order valence-corrected chi connectivity index (χ1v) is 11.9. The minimum atomic E-state index is -4.71. The Morgan fingerprint density at radius 3 is 2.38 bits per heavy atom. The second kappa shape index (κ2) is 10.3. The standard InChI is InChI=1S/C26H22BrF3N4O3/c1-14-24(15(2)34(33-14)13-17-6-4-16(5-7-17)10-23(35)37-3)32-25(36)20-12-22(26(28,29)30)31-21-9-8-18(27)11-19(20)21/h4-9,11-12H,10,13H2,1-3H3,(H,32,36). The van der Waals surface area contributed by atoms with E-state index >= 15 is 0 Å². The van der Waals surface area contributed by atoms with Crippen LogP contribution in [0.2, 0.25) is 0 Å². The van der Waals surface area contributed by atoms with Crippen LogP contribution in [0.1, 0.15) is 38.6 Å². The lowest BCUT2D eigenvalue weighted by atomic mass is 10.1. The number of methoxy groups -OCH3 is 1. The summed E-state index contributed by atoms with van der Waals surface area (Å²) in [6.07, 6.45) is -4.54. The number of fused-ring (bicyclic) bond motifs is 1. The lowest BCUT2D eigenvalue weighted by molar-refractivity contribution is -0.141. The molecule has 2 aromatic heterocycles. The first-order valence-electron chi connectivity index (χ1n) is 11.1. The number of ether oxygens (including phenoxy) is 1. The largest absolute Gasteiger partial charge is 0.469 e. The summed E-state index contributed by atoms with van der Waals surface area (Å²) in [6, 6.07) is 12.7. The molecule has 0 radical (unpaired) electrons. The highest BCUT2D eigenvalue weighted by Gasteiger charge is 2.34. The quantitative estimate of drug-likeness (QED) is 0.292. The number of rotatable bonds is 6. The molecule has 4 aromatic rings. The third-order valence-corrected chi connectivity index (χ3v) is 6.35. The Morgan fingerprint density at radius 1 is 1.05 bits per heavy atom. The zero-order chi connectivity index (χ0) is 26.9. The van der Waals surface area contributed by atoms with Crippen LogP contribution in [-0.4, -0.2) is 33.8 Å². The predicted molar refractivity (Wildman–Crippen MR) is 135 cm³/mol. The van der Waals surface area contributed by atoms with Crippen LogP contribution >= 0.6 is 15.9 Å². The summed E-state index contributed by atoms with van der Waals surface area (Å²) in [5, 5.41) is 7.53. The first kappa shape index (κ1) is 26.3. The molecule has 1 N–H and O–H groups in total. The number of amides is 1. The van der Waals surface area contributed by atoms with Gasteiger partial charge < -0.3 is 10.1 Å².